The van der Waals surface area contributed by atoms with Gasteiger partial charge < -0.3 is 19.5 Å². The average molecular weight is 265 g/mol. The van der Waals surface area contributed by atoms with Crippen molar-refractivity contribution in [3.63, 3.8) is 0 Å². The van der Waals surface area contributed by atoms with E-state index >= 15 is 0 Å². The molecule has 1 fully saturated rings. The zero-order valence-electron chi connectivity index (χ0n) is 12.0. The van der Waals surface area contributed by atoms with Crippen molar-refractivity contribution in [2.75, 3.05) is 27.9 Å². The normalized spacial score (nSPS) is 19.2. The first-order valence-electron chi connectivity index (χ1n) is 6.77. The van der Waals surface area contributed by atoms with Crippen molar-refractivity contribution < 1.29 is 14.2 Å². The second kappa shape index (κ2) is 6.78. The predicted molar refractivity (Wildman–Crippen MR) is 74.9 cm³/mol. The number of methoxy groups -OCH3 is 3. The molecular formula is C15H23NO3. The number of hydrogen-bond donors (Lipinski definition) is 1. The number of hydrogen-bond acceptors (Lipinski definition) is 4. The summed E-state index contributed by atoms with van der Waals surface area (Å²) in [5.41, 5.74) is 2.29. The number of ether oxygens (including phenoxy) is 3. The van der Waals surface area contributed by atoms with Crippen molar-refractivity contribution in [2.24, 2.45) is 0 Å². The van der Waals surface area contributed by atoms with E-state index in [1.54, 1.807) is 21.3 Å². The van der Waals surface area contributed by atoms with Gasteiger partial charge >= 0.3 is 0 Å². The third kappa shape index (κ3) is 3.19. The van der Waals surface area contributed by atoms with Crippen molar-refractivity contribution in [2.45, 2.75) is 31.9 Å². The van der Waals surface area contributed by atoms with Gasteiger partial charge in [0.25, 0.3) is 0 Å². The average Bonchev–Trinajstić information content (AvgIpc) is 2.47. The number of nitrogens with one attached hydrogen (secondary N) is 1. The second-order valence-corrected chi connectivity index (χ2v) is 4.85. The molecule has 1 aliphatic rings. The standard InChI is InChI=1S/C15H23NO3/c1-17-10-12-8-11(13-6-4-5-7-16-13)9-14(18-2)15(12)19-3/h8-9,13,16H,4-7,10H2,1-3H3. The summed E-state index contributed by atoms with van der Waals surface area (Å²) < 4.78 is 16.1. The third-order valence-electron chi connectivity index (χ3n) is 3.59. The Hall–Kier alpha value is -1.26. The van der Waals surface area contributed by atoms with Crippen molar-refractivity contribution in [1.29, 1.82) is 0 Å². The van der Waals surface area contributed by atoms with E-state index in [1.165, 1.54) is 24.8 Å². The Labute approximate surface area is 115 Å². The first-order valence-corrected chi connectivity index (χ1v) is 6.77. The van der Waals surface area contributed by atoms with Gasteiger partial charge in [0.1, 0.15) is 0 Å². The number of rotatable bonds is 5. The van der Waals surface area contributed by atoms with E-state index in [2.05, 4.69) is 17.4 Å². The van der Waals surface area contributed by atoms with Crippen LogP contribution in [-0.4, -0.2) is 27.9 Å². The molecule has 106 valence electrons. The Morgan fingerprint density at radius 3 is 2.58 bits per heavy atom. The van der Waals surface area contributed by atoms with Crippen LogP contribution in [0.25, 0.3) is 0 Å². The first-order chi connectivity index (χ1) is 9.30. The molecule has 0 saturated carbocycles. The Kier molecular flexibility index (Phi) is 5.05. The van der Waals surface area contributed by atoms with Crippen molar-refractivity contribution in [3.8, 4) is 11.5 Å². The molecule has 0 spiro atoms. The molecule has 4 nitrogen and oxygen atoms in total. The molecule has 1 N–H and O–H groups in total. The van der Waals surface area contributed by atoms with Crippen molar-refractivity contribution in [3.05, 3.63) is 23.3 Å². The van der Waals surface area contributed by atoms with E-state index in [0.717, 1.165) is 23.6 Å². The highest BCUT2D eigenvalue weighted by Gasteiger charge is 2.19. The number of piperidine rings is 1. The lowest BCUT2D eigenvalue weighted by Crippen LogP contribution is -2.26. The Morgan fingerprint density at radius 2 is 2.00 bits per heavy atom. The van der Waals surface area contributed by atoms with Crippen molar-refractivity contribution >= 4 is 0 Å². The van der Waals surface area contributed by atoms with E-state index in [-0.39, 0.29) is 0 Å². The van der Waals surface area contributed by atoms with Gasteiger partial charge in [-0.3, -0.25) is 0 Å². The lowest BCUT2D eigenvalue weighted by atomic mass is 9.95. The largest absolute Gasteiger partial charge is 0.493 e. The maximum atomic E-state index is 5.45. The minimum Gasteiger partial charge on any atom is -0.493 e. The van der Waals surface area contributed by atoms with E-state index in [4.69, 9.17) is 14.2 Å². The van der Waals surface area contributed by atoms with Gasteiger partial charge in [0.2, 0.25) is 0 Å². The molecular weight excluding hydrogens is 242 g/mol. The molecule has 19 heavy (non-hydrogen) atoms. The third-order valence-corrected chi connectivity index (χ3v) is 3.59. The van der Waals surface area contributed by atoms with E-state index < -0.39 is 0 Å². The minimum absolute atomic E-state index is 0.407. The van der Waals surface area contributed by atoms with E-state index in [9.17, 15) is 0 Å². The van der Waals surface area contributed by atoms with Crippen molar-refractivity contribution in [1.82, 2.24) is 5.32 Å². The molecule has 2 rings (SSSR count). The molecule has 1 atom stereocenters. The van der Waals surface area contributed by atoms with Gasteiger partial charge in [-0.15, -0.1) is 0 Å². The number of benzene rings is 1. The molecule has 0 aliphatic carbocycles. The second-order valence-electron chi connectivity index (χ2n) is 4.85. The lowest BCUT2D eigenvalue weighted by Gasteiger charge is -2.25. The van der Waals surface area contributed by atoms with Gasteiger partial charge in [-0.25, -0.2) is 0 Å². The fraction of sp³-hybridized carbons (Fsp3) is 0.600. The summed E-state index contributed by atoms with van der Waals surface area (Å²) in [5.74, 6) is 1.54. The molecule has 1 aliphatic heterocycles. The van der Waals surface area contributed by atoms with Crippen LogP contribution in [0.2, 0.25) is 0 Å². The molecule has 0 amide bonds. The molecule has 4 heteroatoms. The minimum atomic E-state index is 0.407. The van der Waals surface area contributed by atoms with Gasteiger partial charge in [-0.2, -0.15) is 0 Å². The Balaban J connectivity index is 2.35. The topological polar surface area (TPSA) is 39.7 Å². The Bertz CT molecular complexity index is 414. The summed E-state index contributed by atoms with van der Waals surface area (Å²) in [5, 5.41) is 3.56. The van der Waals surface area contributed by atoms with Gasteiger partial charge in [0.05, 0.1) is 20.8 Å². The summed E-state index contributed by atoms with van der Waals surface area (Å²) in [6.45, 7) is 1.61. The SMILES string of the molecule is COCc1cc(C2CCCCN2)cc(OC)c1OC. The monoisotopic (exact) mass is 265 g/mol. The smallest absolute Gasteiger partial charge is 0.166 e. The van der Waals surface area contributed by atoms with Gasteiger partial charge in [-0.1, -0.05) is 6.42 Å². The highest BCUT2D eigenvalue weighted by atomic mass is 16.5. The van der Waals surface area contributed by atoms with Crippen LogP contribution in [0.5, 0.6) is 11.5 Å². The maximum absolute atomic E-state index is 5.45. The molecule has 0 bridgehead atoms. The van der Waals surface area contributed by atoms with Crippen LogP contribution in [0.1, 0.15) is 36.4 Å². The maximum Gasteiger partial charge on any atom is 0.166 e. The van der Waals surface area contributed by atoms with Crippen LogP contribution in [-0.2, 0) is 11.3 Å². The van der Waals surface area contributed by atoms with Crippen LogP contribution < -0.4 is 14.8 Å². The van der Waals surface area contributed by atoms with Gasteiger partial charge in [0.15, 0.2) is 11.5 Å². The Morgan fingerprint density at radius 1 is 1.16 bits per heavy atom. The highest BCUT2D eigenvalue weighted by Crippen LogP contribution is 2.36. The molecule has 1 heterocycles. The van der Waals surface area contributed by atoms with Crippen LogP contribution in [0.15, 0.2) is 12.1 Å². The predicted octanol–water partition coefficient (Wildman–Crippen LogP) is 2.66. The van der Waals surface area contributed by atoms with E-state index in [0.29, 0.717) is 12.6 Å². The summed E-state index contributed by atoms with van der Waals surface area (Å²) in [7, 11) is 5.03. The van der Waals surface area contributed by atoms with Crippen LogP contribution in [0, 0.1) is 0 Å². The van der Waals surface area contributed by atoms with E-state index in [1.807, 2.05) is 0 Å². The summed E-state index contributed by atoms with van der Waals surface area (Å²) in [6, 6.07) is 4.64. The van der Waals surface area contributed by atoms with Gasteiger partial charge in [-0.05, 0) is 37.1 Å². The first kappa shape index (κ1) is 14.2. The van der Waals surface area contributed by atoms with Gasteiger partial charge in [0, 0.05) is 18.7 Å². The molecule has 0 radical (unpaired) electrons. The molecule has 1 saturated heterocycles. The van der Waals surface area contributed by atoms with Crippen LogP contribution in [0.3, 0.4) is 0 Å². The molecule has 0 aromatic heterocycles. The zero-order chi connectivity index (χ0) is 13.7. The summed E-state index contributed by atoms with van der Waals surface area (Å²) in [6.07, 6.45) is 3.70. The molecule has 1 aromatic rings. The highest BCUT2D eigenvalue weighted by molar-refractivity contribution is 5.50. The summed E-state index contributed by atoms with van der Waals surface area (Å²) >= 11 is 0. The summed E-state index contributed by atoms with van der Waals surface area (Å²) in [4.78, 5) is 0. The van der Waals surface area contributed by atoms with Crippen LogP contribution in [0.4, 0.5) is 0 Å². The fourth-order valence-electron chi connectivity index (χ4n) is 2.67. The zero-order valence-corrected chi connectivity index (χ0v) is 12.0. The fourth-order valence-corrected chi connectivity index (χ4v) is 2.67. The molecule has 1 aromatic carbocycles. The molecule has 1 unspecified atom stereocenters. The lowest BCUT2D eigenvalue weighted by molar-refractivity contribution is 0.180. The van der Waals surface area contributed by atoms with Crippen LogP contribution >= 0.6 is 0 Å². The quantitative estimate of drug-likeness (QED) is 0.888.